The minimum absolute atomic E-state index is 0.257. The highest BCUT2D eigenvalue weighted by atomic mass is 19.4. The number of nitrogen functional groups attached to an aromatic ring is 1. The van der Waals surface area contributed by atoms with Crippen LogP contribution in [0.15, 0.2) is 42.5 Å². The molecule has 0 aliphatic carbocycles. The van der Waals surface area contributed by atoms with E-state index >= 15 is 0 Å². The average molecular weight is 294 g/mol. The molecule has 0 bridgehead atoms. The molecule has 0 radical (unpaired) electrons. The predicted octanol–water partition coefficient (Wildman–Crippen LogP) is 4.75. The summed E-state index contributed by atoms with van der Waals surface area (Å²) in [6, 6.07) is 11.6. The second kappa shape index (κ2) is 5.68. The molecule has 2 aromatic rings. The van der Waals surface area contributed by atoms with Gasteiger partial charge in [0.2, 0.25) is 0 Å². The van der Waals surface area contributed by atoms with Crippen LogP contribution in [-0.2, 0) is 6.18 Å². The van der Waals surface area contributed by atoms with Crippen LogP contribution in [0.3, 0.4) is 0 Å². The quantitative estimate of drug-likeness (QED) is 0.827. The van der Waals surface area contributed by atoms with Gasteiger partial charge in [0.15, 0.2) is 0 Å². The third-order valence-electron chi connectivity index (χ3n) is 3.38. The van der Waals surface area contributed by atoms with Gasteiger partial charge in [0.1, 0.15) is 0 Å². The minimum atomic E-state index is -4.45. The normalized spacial score (nSPS) is 11.5. The van der Waals surface area contributed by atoms with Crippen molar-refractivity contribution in [2.75, 3.05) is 17.2 Å². The van der Waals surface area contributed by atoms with Crippen LogP contribution in [0.2, 0.25) is 0 Å². The summed E-state index contributed by atoms with van der Waals surface area (Å²) in [6.07, 6.45) is -4.45. The molecule has 0 heterocycles. The van der Waals surface area contributed by atoms with Crippen LogP contribution in [0.5, 0.6) is 0 Å². The van der Waals surface area contributed by atoms with E-state index in [1.807, 2.05) is 43.0 Å². The molecule has 0 saturated carbocycles. The van der Waals surface area contributed by atoms with Gasteiger partial charge in [-0.15, -0.1) is 0 Å². The topological polar surface area (TPSA) is 29.3 Å². The van der Waals surface area contributed by atoms with Crippen LogP contribution in [-0.4, -0.2) is 6.54 Å². The van der Waals surface area contributed by atoms with E-state index in [0.717, 1.165) is 17.3 Å². The minimum Gasteiger partial charge on any atom is -0.398 e. The standard InChI is InChI=1S/C16H17F3N2/c1-3-21(15-7-5-4-6-11(15)2)12-8-9-14(20)13(10-12)16(17,18)19/h4-10H,3,20H2,1-2H3. The number of rotatable bonds is 3. The maximum Gasteiger partial charge on any atom is 0.418 e. The van der Waals surface area contributed by atoms with E-state index in [1.54, 1.807) is 6.07 Å². The lowest BCUT2D eigenvalue weighted by molar-refractivity contribution is -0.136. The van der Waals surface area contributed by atoms with Crippen LogP contribution >= 0.6 is 0 Å². The first-order valence-corrected chi connectivity index (χ1v) is 6.64. The largest absolute Gasteiger partial charge is 0.418 e. The first kappa shape index (κ1) is 15.2. The molecule has 21 heavy (non-hydrogen) atoms. The van der Waals surface area contributed by atoms with Crippen molar-refractivity contribution in [2.24, 2.45) is 0 Å². The number of alkyl halides is 3. The molecule has 2 aromatic carbocycles. The van der Waals surface area contributed by atoms with E-state index in [4.69, 9.17) is 5.73 Å². The number of aryl methyl sites for hydroxylation is 1. The number of hydrogen-bond donors (Lipinski definition) is 1. The highest BCUT2D eigenvalue weighted by Crippen LogP contribution is 2.37. The lowest BCUT2D eigenvalue weighted by atomic mass is 10.1. The van der Waals surface area contributed by atoms with Crippen molar-refractivity contribution in [1.29, 1.82) is 0 Å². The van der Waals surface area contributed by atoms with Crippen LogP contribution < -0.4 is 10.6 Å². The molecular formula is C16H17F3N2. The molecular weight excluding hydrogens is 277 g/mol. The molecule has 0 aromatic heterocycles. The van der Waals surface area contributed by atoms with E-state index in [9.17, 15) is 13.2 Å². The number of anilines is 3. The number of para-hydroxylation sites is 1. The molecule has 112 valence electrons. The Morgan fingerprint density at radius 2 is 1.76 bits per heavy atom. The van der Waals surface area contributed by atoms with Crippen LogP contribution in [0.1, 0.15) is 18.1 Å². The van der Waals surface area contributed by atoms with Crippen LogP contribution in [0.25, 0.3) is 0 Å². The summed E-state index contributed by atoms with van der Waals surface area (Å²) in [5.74, 6) is 0. The number of nitrogens with two attached hydrogens (primary N) is 1. The summed E-state index contributed by atoms with van der Waals surface area (Å²) in [7, 11) is 0. The Labute approximate surface area is 122 Å². The Morgan fingerprint density at radius 3 is 2.33 bits per heavy atom. The average Bonchev–Trinajstić information content (AvgIpc) is 2.42. The first-order valence-electron chi connectivity index (χ1n) is 6.64. The van der Waals surface area contributed by atoms with Crippen molar-refractivity contribution in [2.45, 2.75) is 20.0 Å². The van der Waals surface area contributed by atoms with Crippen LogP contribution in [0.4, 0.5) is 30.2 Å². The van der Waals surface area contributed by atoms with Gasteiger partial charge < -0.3 is 10.6 Å². The third-order valence-corrected chi connectivity index (χ3v) is 3.38. The number of nitrogens with zero attached hydrogens (tertiary/aromatic N) is 1. The van der Waals surface area contributed by atoms with E-state index in [2.05, 4.69) is 0 Å². The fourth-order valence-corrected chi connectivity index (χ4v) is 2.32. The van der Waals surface area contributed by atoms with Gasteiger partial charge in [-0.2, -0.15) is 13.2 Å². The maximum absolute atomic E-state index is 13.0. The fourth-order valence-electron chi connectivity index (χ4n) is 2.32. The Bertz CT molecular complexity index is 636. The summed E-state index contributed by atoms with van der Waals surface area (Å²) in [5.41, 5.74) is 6.76. The van der Waals surface area contributed by atoms with Crippen molar-refractivity contribution in [3.8, 4) is 0 Å². The lowest BCUT2D eigenvalue weighted by Gasteiger charge is -2.26. The number of benzene rings is 2. The van der Waals surface area contributed by atoms with Crippen molar-refractivity contribution in [1.82, 2.24) is 0 Å². The zero-order valence-electron chi connectivity index (χ0n) is 11.9. The van der Waals surface area contributed by atoms with Crippen molar-refractivity contribution >= 4 is 17.1 Å². The van der Waals surface area contributed by atoms with Gasteiger partial charge in [-0.05, 0) is 43.7 Å². The monoisotopic (exact) mass is 294 g/mol. The first-order chi connectivity index (χ1) is 9.84. The maximum atomic E-state index is 13.0. The summed E-state index contributed by atoms with van der Waals surface area (Å²) in [5, 5.41) is 0. The van der Waals surface area contributed by atoms with Gasteiger partial charge in [0.05, 0.1) is 5.56 Å². The molecule has 0 spiro atoms. The lowest BCUT2D eigenvalue weighted by Crippen LogP contribution is -2.18. The van der Waals surface area contributed by atoms with Crippen molar-refractivity contribution in [3.63, 3.8) is 0 Å². The molecule has 0 atom stereocenters. The van der Waals surface area contributed by atoms with Gasteiger partial charge in [-0.1, -0.05) is 18.2 Å². The fraction of sp³-hybridized carbons (Fsp3) is 0.250. The Hall–Kier alpha value is -2.17. The van der Waals surface area contributed by atoms with Crippen LogP contribution in [0, 0.1) is 6.92 Å². The van der Waals surface area contributed by atoms with Gasteiger partial charge >= 0.3 is 6.18 Å². The molecule has 0 amide bonds. The van der Waals surface area contributed by atoms with Gasteiger partial charge in [0, 0.05) is 23.6 Å². The predicted molar refractivity (Wildman–Crippen MR) is 79.7 cm³/mol. The van der Waals surface area contributed by atoms with E-state index in [-0.39, 0.29) is 5.69 Å². The molecule has 2 rings (SSSR count). The smallest absolute Gasteiger partial charge is 0.398 e. The second-order valence-corrected chi connectivity index (χ2v) is 4.80. The Balaban J connectivity index is 2.52. The highest BCUT2D eigenvalue weighted by Gasteiger charge is 2.33. The summed E-state index contributed by atoms with van der Waals surface area (Å²) < 4.78 is 38.9. The SMILES string of the molecule is CCN(c1ccc(N)c(C(F)(F)F)c1)c1ccccc1C. The Kier molecular flexibility index (Phi) is 4.11. The molecule has 5 heteroatoms. The van der Waals surface area contributed by atoms with E-state index < -0.39 is 11.7 Å². The zero-order valence-corrected chi connectivity index (χ0v) is 11.9. The van der Waals surface area contributed by atoms with E-state index in [1.165, 1.54) is 6.07 Å². The summed E-state index contributed by atoms with van der Waals surface area (Å²) in [6.45, 7) is 4.39. The third kappa shape index (κ3) is 3.12. The summed E-state index contributed by atoms with van der Waals surface area (Å²) >= 11 is 0. The summed E-state index contributed by atoms with van der Waals surface area (Å²) in [4.78, 5) is 1.84. The van der Waals surface area contributed by atoms with Crippen molar-refractivity contribution in [3.05, 3.63) is 53.6 Å². The number of halogens is 3. The Morgan fingerprint density at radius 1 is 1.10 bits per heavy atom. The molecule has 0 saturated heterocycles. The van der Waals surface area contributed by atoms with Gasteiger partial charge in [0.25, 0.3) is 0 Å². The molecule has 2 nitrogen and oxygen atoms in total. The van der Waals surface area contributed by atoms with Crippen molar-refractivity contribution < 1.29 is 13.2 Å². The molecule has 0 unspecified atom stereocenters. The molecule has 0 aliphatic rings. The van der Waals surface area contributed by atoms with Gasteiger partial charge in [-0.3, -0.25) is 0 Å². The number of hydrogen-bond acceptors (Lipinski definition) is 2. The molecule has 0 aliphatic heterocycles. The molecule has 0 fully saturated rings. The second-order valence-electron chi connectivity index (χ2n) is 4.80. The molecule has 2 N–H and O–H groups in total. The zero-order chi connectivity index (χ0) is 15.6. The van der Waals surface area contributed by atoms with Gasteiger partial charge in [-0.25, -0.2) is 0 Å². The van der Waals surface area contributed by atoms with E-state index in [0.29, 0.717) is 12.2 Å². The highest BCUT2D eigenvalue weighted by molar-refractivity contribution is 5.69.